The summed E-state index contributed by atoms with van der Waals surface area (Å²) in [6, 6.07) is 1.23. The molecule has 1 heterocycles. The van der Waals surface area contributed by atoms with Gasteiger partial charge in [0.05, 0.1) is 13.0 Å². The third-order valence-electron chi connectivity index (χ3n) is 3.50. The number of alkyl halides is 3. The van der Waals surface area contributed by atoms with Crippen molar-refractivity contribution in [2.24, 2.45) is 0 Å². The standard InChI is InChI=1S/C13H16F3NO3/c14-13(15,16)4-5-17(9-2-1-3-9)7-10-6-11(18)12(19)8-20-10/h6,8-9,19H,1-5,7H2. The molecule has 0 amide bonds. The highest BCUT2D eigenvalue weighted by Crippen LogP contribution is 2.28. The second-order valence-electron chi connectivity index (χ2n) is 5.02. The van der Waals surface area contributed by atoms with E-state index in [1.54, 1.807) is 4.90 Å². The minimum absolute atomic E-state index is 0.108. The average Bonchev–Trinajstić information content (AvgIpc) is 2.27. The zero-order valence-corrected chi connectivity index (χ0v) is 10.8. The van der Waals surface area contributed by atoms with Gasteiger partial charge in [-0.1, -0.05) is 6.42 Å². The summed E-state index contributed by atoms with van der Waals surface area (Å²) in [5.41, 5.74) is -0.587. The number of hydrogen-bond donors (Lipinski definition) is 1. The Labute approximate surface area is 113 Å². The summed E-state index contributed by atoms with van der Waals surface area (Å²) < 4.78 is 42.0. The van der Waals surface area contributed by atoms with E-state index in [0.717, 1.165) is 31.6 Å². The van der Waals surface area contributed by atoms with Crippen LogP contribution in [0.15, 0.2) is 21.5 Å². The molecule has 0 saturated heterocycles. The van der Waals surface area contributed by atoms with Gasteiger partial charge in [0, 0.05) is 18.7 Å². The Hall–Kier alpha value is -1.50. The number of aromatic hydroxyl groups is 1. The van der Waals surface area contributed by atoms with Gasteiger partial charge in [0.1, 0.15) is 12.0 Å². The van der Waals surface area contributed by atoms with E-state index in [2.05, 4.69) is 0 Å². The van der Waals surface area contributed by atoms with Crippen LogP contribution in [-0.4, -0.2) is 28.8 Å². The monoisotopic (exact) mass is 291 g/mol. The zero-order chi connectivity index (χ0) is 14.8. The van der Waals surface area contributed by atoms with Gasteiger partial charge in [0.25, 0.3) is 0 Å². The van der Waals surface area contributed by atoms with Gasteiger partial charge in [-0.25, -0.2) is 0 Å². The smallest absolute Gasteiger partial charge is 0.390 e. The van der Waals surface area contributed by atoms with E-state index in [1.165, 1.54) is 0 Å². The number of hydrogen-bond acceptors (Lipinski definition) is 4. The van der Waals surface area contributed by atoms with E-state index in [9.17, 15) is 18.0 Å². The highest BCUT2D eigenvalue weighted by atomic mass is 19.4. The average molecular weight is 291 g/mol. The molecule has 1 saturated carbocycles. The molecule has 0 bridgehead atoms. The predicted octanol–water partition coefficient (Wildman–Crippen LogP) is 2.65. The molecule has 0 spiro atoms. The summed E-state index contributed by atoms with van der Waals surface area (Å²) in [6.07, 6.45) is -1.43. The van der Waals surface area contributed by atoms with Crippen LogP contribution in [0.25, 0.3) is 0 Å². The molecule has 1 N–H and O–H groups in total. The van der Waals surface area contributed by atoms with E-state index >= 15 is 0 Å². The molecule has 0 aliphatic heterocycles. The second-order valence-corrected chi connectivity index (χ2v) is 5.02. The van der Waals surface area contributed by atoms with E-state index in [1.807, 2.05) is 0 Å². The minimum atomic E-state index is -4.20. The van der Waals surface area contributed by atoms with Crippen LogP contribution in [-0.2, 0) is 6.54 Å². The Bertz CT molecular complexity index is 508. The molecule has 20 heavy (non-hydrogen) atoms. The normalized spacial score (nSPS) is 16.4. The fourth-order valence-corrected chi connectivity index (χ4v) is 2.14. The summed E-state index contributed by atoms with van der Waals surface area (Å²) in [5.74, 6) is -0.235. The number of rotatable bonds is 5. The predicted molar refractivity (Wildman–Crippen MR) is 65.4 cm³/mol. The Morgan fingerprint density at radius 1 is 1.40 bits per heavy atom. The van der Waals surface area contributed by atoms with Crippen molar-refractivity contribution in [3.05, 3.63) is 28.3 Å². The van der Waals surface area contributed by atoms with Crippen molar-refractivity contribution in [3.63, 3.8) is 0 Å². The van der Waals surface area contributed by atoms with Crippen LogP contribution < -0.4 is 5.43 Å². The first-order valence-electron chi connectivity index (χ1n) is 6.46. The van der Waals surface area contributed by atoms with E-state index in [0.29, 0.717) is 0 Å². The van der Waals surface area contributed by atoms with Crippen LogP contribution in [0, 0.1) is 0 Å². The van der Waals surface area contributed by atoms with Crippen molar-refractivity contribution in [2.45, 2.75) is 44.4 Å². The Balaban J connectivity index is 2.03. The van der Waals surface area contributed by atoms with Crippen molar-refractivity contribution in [1.82, 2.24) is 4.90 Å². The molecule has 112 valence electrons. The maximum absolute atomic E-state index is 12.3. The van der Waals surface area contributed by atoms with E-state index < -0.39 is 23.8 Å². The molecule has 0 unspecified atom stereocenters. The molecule has 1 aromatic heterocycles. The quantitative estimate of drug-likeness (QED) is 0.906. The molecule has 1 aromatic rings. The van der Waals surface area contributed by atoms with Crippen LogP contribution in [0.2, 0.25) is 0 Å². The summed E-state index contributed by atoms with van der Waals surface area (Å²) in [7, 11) is 0. The lowest BCUT2D eigenvalue weighted by Crippen LogP contribution is -2.41. The van der Waals surface area contributed by atoms with Gasteiger partial charge >= 0.3 is 6.18 Å². The molecular formula is C13H16F3NO3. The van der Waals surface area contributed by atoms with Crippen LogP contribution >= 0.6 is 0 Å². The van der Waals surface area contributed by atoms with Crippen LogP contribution in [0.5, 0.6) is 5.75 Å². The molecule has 0 atom stereocenters. The van der Waals surface area contributed by atoms with Gasteiger partial charge in [-0.05, 0) is 12.8 Å². The zero-order valence-electron chi connectivity index (χ0n) is 10.8. The first-order chi connectivity index (χ1) is 9.35. The highest BCUT2D eigenvalue weighted by molar-refractivity contribution is 5.15. The van der Waals surface area contributed by atoms with Crippen LogP contribution in [0.1, 0.15) is 31.4 Å². The minimum Gasteiger partial charge on any atom is -0.502 e. The molecule has 7 heteroatoms. The van der Waals surface area contributed by atoms with Crippen LogP contribution in [0.3, 0.4) is 0 Å². The fraction of sp³-hybridized carbons (Fsp3) is 0.615. The van der Waals surface area contributed by atoms with Gasteiger partial charge in [0.15, 0.2) is 5.75 Å². The van der Waals surface area contributed by atoms with Gasteiger partial charge in [-0.15, -0.1) is 0 Å². The lowest BCUT2D eigenvalue weighted by Gasteiger charge is -2.37. The second kappa shape index (κ2) is 5.87. The summed E-state index contributed by atoms with van der Waals surface area (Å²) in [6.45, 7) is 0.0367. The molecule has 4 nitrogen and oxygen atoms in total. The maximum atomic E-state index is 12.3. The Morgan fingerprint density at radius 3 is 2.60 bits per heavy atom. The third kappa shape index (κ3) is 4.00. The first kappa shape index (κ1) is 14.9. The van der Waals surface area contributed by atoms with Gasteiger partial charge in [0.2, 0.25) is 5.43 Å². The van der Waals surface area contributed by atoms with E-state index in [-0.39, 0.29) is 24.9 Å². The van der Waals surface area contributed by atoms with Crippen molar-refractivity contribution in [2.75, 3.05) is 6.54 Å². The SMILES string of the molecule is O=c1cc(CN(CCC(F)(F)F)C2CCC2)occ1O. The number of nitrogens with zero attached hydrogens (tertiary/aromatic N) is 1. The van der Waals surface area contributed by atoms with Crippen molar-refractivity contribution < 1.29 is 22.7 Å². The van der Waals surface area contributed by atoms with Crippen molar-refractivity contribution in [1.29, 1.82) is 0 Å². The van der Waals surface area contributed by atoms with Gasteiger partial charge in [-0.3, -0.25) is 9.69 Å². The Kier molecular flexibility index (Phi) is 4.37. The van der Waals surface area contributed by atoms with Gasteiger partial charge in [-0.2, -0.15) is 13.2 Å². The van der Waals surface area contributed by atoms with Crippen molar-refractivity contribution in [3.8, 4) is 5.75 Å². The number of halogens is 3. The lowest BCUT2D eigenvalue weighted by molar-refractivity contribution is -0.140. The molecule has 0 aromatic carbocycles. The summed E-state index contributed by atoms with van der Waals surface area (Å²) in [4.78, 5) is 13.0. The topological polar surface area (TPSA) is 53.7 Å². The van der Waals surface area contributed by atoms with Gasteiger partial charge < -0.3 is 9.52 Å². The van der Waals surface area contributed by atoms with Crippen molar-refractivity contribution >= 4 is 0 Å². The first-order valence-corrected chi connectivity index (χ1v) is 6.46. The molecule has 1 fully saturated rings. The molecule has 1 aliphatic rings. The maximum Gasteiger partial charge on any atom is 0.390 e. The highest BCUT2D eigenvalue weighted by Gasteiger charge is 2.31. The molecular weight excluding hydrogens is 275 g/mol. The lowest BCUT2D eigenvalue weighted by atomic mass is 9.91. The molecule has 1 aliphatic carbocycles. The van der Waals surface area contributed by atoms with Crippen LogP contribution in [0.4, 0.5) is 13.2 Å². The third-order valence-corrected chi connectivity index (χ3v) is 3.50. The Morgan fingerprint density at radius 2 is 2.10 bits per heavy atom. The molecule has 0 radical (unpaired) electrons. The summed E-state index contributed by atoms with van der Waals surface area (Å²) >= 11 is 0. The van der Waals surface area contributed by atoms with E-state index in [4.69, 9.17) is 9.52 Å². The molecule has 2 rings (SSSR count). The summed E-state index contributed by atoms with van der Waals surface area (Å²) in [5, 5.41) is 9.09. The fourth-order valence-electron chi connectivity index (χ4n) is 2.14. The largest absolute Gasteiger partial charge is 0.502 e.